The highest BCUT2D eigenvalue weighted by Gasteiger charge is 2.51. The van der Waals surface area contributed by atoms with Crippen molar-refractivity contribution in [3.63, 3.8) is 0 Å². The summed E-state index contributed by atoms with van der Waals surface area (Å²) in [7, 11) is 0. The first-order chi connectivity index (χ1) is 30.2. The number of unbranched alkanes of at least 4 members (excludes halogenated alkanes) is 10. The van der Waals surface area contributed by atoms with Crippen LogP contribution < -0.4 is 0 Å². The second kappa shape index (κ2) is 28.2. The molecule has 0 heterocycles. The highest BCUT2D eigenvalue weighted by Crippen LogP contribution is 2.59. The molecular weight excluding hydrogens is 769 g/mol. The summed E-state index contributed by atoms with van der Waals surface area (Å²) < 4.78 is 23.8. The van der Waals surface area contributed by atoms with E-state index in [1.54, 1.807) is 0 Å². The Hall–Kier alpha value is -1.92. The van der Waals surface area contributed by atoms with Gasteiger partial charge in [0.05, 0.1) is 6.61 Å². The van der Waals surface area contributed by atoms with Crippen LogP contribution in [0.15, 0.2) is 36.0 Å². The summed E-state index contributed by atoms with van der Waals surface area (Å²) in [6.07, 6.45) is 46.2. The van der Waals surface area contributed by atoms with E-state index in [0.717, 1.165) is 74.0 Å². The Balaban J connectivity index is 0.938. The lowest BCUT2D eigenvalue weighted by molar-refractivity contribution is -0.170. The van der Waals surface area contributed by atoms with Gasteiger partial charge in [-0.05, 0) is 150 Å². The molecule has 5 aliphatic carbocycles. The van der Waals surface area contributed by atoms with Crippen LogP contribution in [-0.4, -0.2) is 50.1 Å². The van der Waals surface area contributed by atoms with Crippen LogP contribution >= 0.6 is 0 Å². The Morgan fingerprint density at radius 3 is 2.23 bits per heavy atom. The van der Waals surface area contributed by atoms with Crippen LogP contribution in [0.5, 0.6) is 0 Å². The first-order valence-corrected chi connectivity index (χ1v) is 26.7. The molecule has 62 heavy (non-hydrogen) atoms. The third-order valence-electron chi connectivity index (χ3n) is 16.3. The average molecular weight is 863 g/mol. The summed E-state index contributed by atoms with van der Waals surface area (Å²) in [6.45, 7) is 12.0. The highest BCUT2D eigenvalue weighted by atomic mass is 16.6. The molecule has 0 bridgehead atoms. The number of rotatable bonds is 30. The summed E-state index contributed by atoms with van der Waals surface area (Å²) in [5, 5.41) is 0. The second-order valence-corrected chi connectivity index (χ2v) is 21.7. The highest BCUT2D eigenvalue weighted by molar-refractivity contribution is 5.73. The fraction of sp³-hybridized carbons (Fsp3) is 0.857. The fourth-order valence-corrected chi connectivity index (χ4v) is 12.8. The molecule has 6 heteroatoms. The third-order valence-corrected chi connectivity index (χ3v) is 16.3. The van der Waals surface area contributed by atoms with Crippen LogP contribution in [0.1, 0.15) is 214 Å². The average Bonchev–Trinajstić information content (AvgIpc) is 3.86. The minimum atomic E-state index is -0.510. The van der Waals surface area contributed by atoms with E-state index in [2.05, 4.69) is 65.0 Å². The van der Waals surface area contributed by atoms with Gasteiger partial charge in [-0.3, -0.25) is 0 Å². The summed E-state index contributed by atoms with van der Waals surface area (Å²) in [6, 6.07) is 0. The quantitative estimate of drug-likeness (QED) is 0.0407. The number of carbonyl (C=O) groups excluding carboxylic acids is 2. The molecule has 8 unspecified atom stereocenters. The van der Waals surface area contributed by atoms with Gasteiger partial charge in [0.25, 0.3) is 0 Å². The van der Waals surface area contributed by atoms with Crippen LogP contribution in [0.4, 0.5) is 0 Å². The largest absolute Gasteiger partial charge is 0.458 e. The zero-order valence-electron chi connectivity index (χ0n) is 40.7. The molecule has 5 rings (SSSR count). The molecule has 0 spiro atoms. The molecule has 0 aromatic rings. The molecule has 0 aliphatic heterocycles. The molecule has 6 nitrogen and oxygen atoms in total. The van der Waals surface area contributed by atoms with E-state index in [9.17, 15) is 9.59 Å². The summed E-state index contributed by atoms with van der Waals surface area (Å²) in [5.74, 6) is 6.40. The van der Waals surface area contributed by atoms with Crippen molar-refractivity contribution >= 4 is 11.9 Å². The lowest BCUT2D eigenvalue weighted by Crippen LogP contribution is -2.45. The van der Waals surface area contributed by atoms with Crippen LogP contribution in [0.2, 0.25) is 0 Å². The van der Waals surface area contributed by atoms with Crippen molar-refractivity contribution < 1.29 is 28.5 Å². The minimum absolute atomic E-state index is 0.228. The molecule has 0 aromatic heterocycles. The molecule has 5 aliphatic rings. The Kier molecular flexibility index (Phi) is 23.2. The van der Waals surface area contributed by atoms with Crippen LogP contribution in [0, 0.1) is 53.3 Å². The van der Waals surface area contributed by atoms with E-state index in [0.29, 0.717) is 31.0 Å². The summed E-state index contributed by atoms with van der Waals surface area (Å²) in [4.78, 5) is 26.1. The van der Waals surface area contributed by atoms with E-state index >= 15 is 0 Å². The van der Waals surface area contributed by atoms with Gasteiger partial charge in [-0.15, -0.1) is 0 Å². The maximum absolute atomic E-state index is 13.1. The van der Waals surface area contributed by atoms with Gasteiger partial charge in [-0.25, -0.2) is 9.59 Å². The van der Waals surface area contributed by atoms with Gasteiger partial charge in [0.2, 0.25) is 0 Å². The van der Waals surface area contributed by atoms with Crippen LogP contribution in [-0.2, 0) is 28.5 Å². The molecule has 0 radical (unpaired) electrons. The van der Waals surface area contributed by atoms with Gasteiger partial charge in [0, 0.05) is 13.0 Å². The van der Waals surface area contributed by atoms with Crippen LogP contribution in [0.3, 0.4) is 0 Å². The minimum Gasteiger partial charge on any atom is -0.458 e. The van der Waals surface area contributed by atoms with Crippen molar-refractivity contribution in [3.05, 3.63) is 36.0 Å². The van der Waals surface area contributed by atoms with Gasteiger partial charge >= 0.3 is 11.9 Å². The van der Waals surface area contributed by atoms with E-state index in [1.165, 1.54) is 147 Å². The maximum Gasteiger partial charge on any atom is 0.332 e. The van der Waals surface area contributed by atoms with Gasteiger partial charge in [-0.1, -0.05) is 147 Å². The zero-order valence-corrected chi connectivity index (χ0v) is 40.7. The molecule has 4 fully saturated rings. The molecule has 4 saturated carbocycles. The smallest absolute Gasteiger partial charge is 0.332 e. The van der Waals surface area contributed by atoms with Gasteiger partial charge < -0.3 is 18.9 Å². The van der Waals surface area contributed by atoms with Crippen molar-refractivity contribution in [1.82, 2.24) is 0 Å². The van der Waals surface area contributed by atoms with Crippen molar-refractivity contribution in [1.29, 1.82) is 0 Å². The number of carbonyl (C=O) groups is 2. The summed E-state index contributed by atoms with van der Waals surface area (Å²) in [5.41, 5.74) is 1.03. The Labute approximate surface area is 380 Å². The van der Waals surface area contributed by atoms with E-state index in [-0.39, 0.29) is 25.3 Å². The lowest BCUT2D eigenvalue weighted by atomic mass is 9.55. The molecule has 10 atom stereocenters. The Bertz CT molecular complexity index is 1370. The van der Waals surface area contributed by atoms with E-state index in [4.69, 9.17) is 18.9 Å². The normalized spacial score (nSPS) is 30.1. The molecule has 0 aromatic carbocycles. The molecular formula is C56H94O6. The fourth-order valence-electron chi connectivity index (χ4n) is 12.8. The molecule has 354 valence electrons. The topological polar surface area (TPSA) is 71.1 Å². The Morgan fingerprint density at radius 1 is 0.742 bits per heavy atom. The number of esters is 2. The standard InChI is InChI=1S/C56H94O6/c1-6-7-8-9-10-11-12-13-14-15-16-17-18-19-20-23-37-59-40-48(38-46-28-24-26-44(46)4)61-54(57)41-60-42-55(58)62-56(5)36-35-50-47(39-56)30-32-53-51-31-29-45(27-22-21-25-43(2)3)49(51)33-34-52(50)53/h10-11,13-14,30,43-46,48-53H,6-9,12,15-29,31-42H2,1-5H3/t44?,45-,46?,48?,49?,50?,51?,52?,53?,56-/m0/s1. The number of allylic oxidation sites excluding steroid dienone is 5. The van der Waals surface area contributed by atoms with E-state index < -0.39 is 11.6 Å². The van der Waals surface area contributed by atoms with Crippen molar-refractivity contribution in [2.45, 2.75) is 226 Å². The van der Waals surface area contributed by atoms with Crippen LogP contribution in [0.25, 0.3) is 0 Å². The number of hydrogen-bond donors (Lipinski definition) is 0. The predicted molar refractivity (Wildman–Crippen MR) is 256 cm³/mol. The van der Waals surface area contributed by atoms with Crippen molar-refractivity contribution in [2.75, 3.05) is 26.4 Å². The van der Waals surface area contributed by atoms with E-state index in [1.807, 2.05) is 0 Å². The zero-order chi connectivity index (χ0) is 44.0. The van der Waals surface area contributed by atoms with Gasteiger partial charge in [0.15, 0.2) is 0 Å². The van der Waals surface area contributed by atoms with Crippen molar-refractivity contribution in [3.8, 4) is 0 Å². The third kappa shape index (κ3) is 17.5. The first kappa shape index (κ1) is 51.1. The number of hydrogen-bond acceptors (Lipinski definition) is 6. The SMILES string of the molecule is CCCCCC=CCC=CCCCCCCCCOCC(CC1CCCC1C)OC(=O)COCC(=O)O[C@@]1(C)CCC2C(=CCC3C2CCC2C3CC[C@@H]2CCCCC(C)C)C1. The molecule has 0 N–H and O–H groups in total. The van der Waals surface area contributed by atoms with Gasteiger partial charge in [-0.2, -0.15) is 0 Å². The maximum atomic E-state index is 13.1. The number of ether oxygens (including phenoxy) is 4. The summed E-state index contributed by atoms with van der Waals surface area (Å²) >= 11 is 0. The number of fused-ring (bicyclic) bond motifs is 5. The monoisotopic (exact) mass is 863 g/mol. The second-order valence-electron chi connectivity index (χ2n) is 21.7. The van der Waals surface area contributed by atoms with Gasteiger partial charge in [0.1, 0.15) is 24.9 Å². The predicted octanol–water partition coefficient (Wildman–Crippen LogP) is 14.9. The molecule has 0 amide bonds. The first-order valence-electron chi connectivity index (χ1n) is 26.7. The molecule has 0 saturated heterocycles. The lowest BCUT2D eigenvalue weighted by Gasteiger charge is -2.51. The van der Waals surface area contributed by atoms with Crippen molar-refractivity contribution in [2.24, 2.45) is 53.3 Å². The Morgan fingerprint density at radius 2 is 1.47 bits per heavy atom.